The molecule has 1 aliphatic rings. The summed E-state index contributed by atoms with van der Waals surface area (Å²) in [7, 11) is 1.75. The lowest BCUT2D eigenvalue weighted by Crippen LogP contribution is -2.33. The normalized spacial score (nSPS) is 24.2. The Balaban J connectivity index is 2.16. The van der Waals surface area contributed by atoms with Crippen LogP contribution in [0.1, 0.15) is 44.4 Å². The van der Waals surface area contributed by atoms with Gasteiger partial charge in [-0.05, 0) is 23.0 Å². The van der Waals surface area contributed by atoms with E-state index in [1.165, 1.54) is 11.1 Å². The van der Waals surface area contributed by atoms with Crippen LogP contribution in [-0.4, -0.2) is 37.7 Å². The first-order valence-corrected chi connectivity index (χ1v) is 7.52. The minimum absolute atomic E-state index is 0.200. The number of nitrogens with zero attached hydrogens (tertiary/aromatic N) is 1. The van der Waals surface area contributed by atoms with Crippen molar-refractivity contribution in [2.45, 2.75) is 44.7 Å². The molecule has 1 fully saturated rings. The molecule has 1 saturated heterocycles. The van der Waals surface area contributed by atoms with E-state index >= 15 is 0 Å². The van der Waals surface area contributed by atoms with Crippen LogP contribution in [0.25, 0.3) is 0 Å². The third kappa shape index (κ3) is 3.40. The quantitative estimate of drug-likeness (QED) is 0.919. The van der Waals surface area contributed by atoms with E-state index in [-0.39, 0.29) is 11.5 Å². The van der Waals surface area contributed by atoms with Gasteiger partial charge in [0.15, 0.2) is 0 Å². The molecular formula is C17H28N2O. The highest BCUT2D eigenvalue weighted by atomic mass is 16.5. The number of methoxy groups -OCH3 is 1. The van der Waals surface area contributed by atoms with E-state index in [1.807, 2.05) is 0 Å². The summed E-state index contributed by atoms with van der Waals surface area (Å²) in [6.45, 7) is 9.52. The Morgan fingerprint density at radius 2 is 1.90 bits per heavy atom. The largest absolute Gasteiger partial charge is 0.383 e. The summed E-state index contributed by atoms with van der Waals surface area (Å²) < 4.78 is 5.20. The first kappa shape index (κ1) is 15.5. The summed E-state index contributed by atoms with van der Waals surface area (Å²) in [5, 5.41) is 0. The molecule has 112 valence electrons. The van der Waals surface area contributed by atoms with Gasteiger partial charge >= 0.3 is 0 Å². The molecule has 2 N–H and O–H groups in total. The number of ether oxygens (including phenoxy) is 1. The van der Waals surface area contributed by atoms with E-state index in [4.69, 9.17) is 10.5 Å². The van der Waals surface area contributed by atoms with Gasteiger partial charge < -0.3 is 10.5 Å². The maximum Gasteiger partial charge on any atom is 0.0589 e. The minimum Gasteiger partial charge on any atom is -0.383 e. The summed E-state index contributed by atoms with van der Waals surface area (Å²) >= 11 is 0. The second-order valence-corrected chi connectivity index (χ2v) is 6.80. The molecule has 1 aromatic carbocycles. The first-order valence-electron chi connectivity index (χ1n) is 7.52. The van der Waals surface area contributed by atoms with Crippen LogP contribution in [0.5, 0.6) is 0 Å². The summed E-state index contributed by atoms with van der Waals surface area (Å²) in [4.78, 5) is 2.44. The van der Waals surface area contributed by atoms with Crippen molar-refractivity contribution in [2.24, 2.45) is 5.73 Å². The zero-order valence-electron chi connectivity index (χ0n) is 13.2. The molecule has 1 aliphatic heterocycles. The van der Waals surface area contributed by atoms with Gasteiger partial charge in [0.2, 0.25) is 0 Å². The lowest BCUT2D eigenvalue weighted by atomic mass is 9.86. The second-order valence-electron chi connectivity index (χ2n) is 6.80. The van der Waals surface area contributed by atoms with Gasteiger partial charge in [0.05, 0.1) is 12.6 Å². The third-order valence-electron chi connectivity index (χ3n) is 4.25. The van der Waals surface area contributed by atoms with Crippen LogP contribution in [0, 0.1) is 0 Å². The molecule has 0 saturated carbocycles. The number of benzene rings is 1. The number of likely N-dealkylation sites (tertiary alicyclic amines) is 1. The van der Waals surface area contributed by atoms with Crippen LogP contribution in [0.2, 0.25) is 0 Å². The minimum atomic E-state index is 0.200. The van der Waals surface area contributed by atoms with E-state index in [1.54, 1.807) is 7.11 Å². The van der Waals surface area contributed by atoms with E-state index in [2.05, 4.69) is 49.9 Å². The SMILES string of the molecule is COCCN1CCC(N)C1c1ccc(C(C)(C)C)cc1. The Morgan fingerprint density at radius 3 is 2.45 bits per heavy atom. The van der Waals surface area contributed by atoms with Crippen molar-refractivity contribution in [2.75, 3.05) is 26.8 Å². The fraction of sp³-hybridized carbons (Fsp3) is 0.647. The van der Waals surface area contributed by atoms with Crippen molar-refractivity contribution in [1.29, 1.82) is 0 Å². The smallest absolute Gasteiger partial charge is 0.0589 e. The molecule has 3 nitrogen and oxygen atoms in total. The zero-order chi connectivity index (χ0) is 14.8. The molecule has 1 heterocycles. The average molecular weight is 276 g/mol. The van der Waals surface area contributed by atoms with Crippen molar-refractivity contribution in [1.82, 2.24) is 4.90 Å². The first-order chi connectivity index (χ1) is 9.43. The Morgan fingerprint density at radius 1 is 1.25 bits per heavy atom. The molecule has 0 aromatic heterocycles. The van der Waals surface area contributed by atoms with Crippen molar-refractivity contribution >= 4 is 0 Å². The molecule has 0 aliphatic carbocycles. The lowest BCUT2D eigenvalue weighted by molar-refractivity contribution is 0.139. The van der Waals surface area contributed by atoms with Crippen molar-refractivity contribution < 1.29 is 4.74 Å². The van der Waals surface area contributed by atoms with Gasteiger partial charge in [-0.1, -0.05) is 45.0 Å². The predicted octanol–water partition coefficient (Wildman–Crippen LogP) is 2.70. The Kier molecular flexibility index (Phi) is 4.84. The molecule has 0 radical (unpaired) electrons. The Labute approximate surface area is 123 Å². The van der Waals surface area contributed by atoms with Gasteiger partial charge in [0, 0.05) is 26.2 Å². The number of hydrogen-bond donors (Lipinski definition) is 1. The second kappa shape index (κ2) is 6.25. The summed E-state index contributed by atoms with van der Waals surface area (Å²) in [6.07, 6.45) is 1.06. The van der Waals surface area contributed by atoms with Gasteiger partial charge in [-0.2, -0.15) is 0 Å². The molecule has 0 bridgehead atoms. The van der Waals surface area contributed by atoms with Gasteiger partial charge in [0.1, 0.15) is 0 Å². The van der Waals surface area contributed by atoms with Crippen LogP contribution in [0.4, 0.5) is 0 Å². The fourth-order valence-corrected chi connectivity index (χ4v) is 2.98. The maximum absolute atomic E-state index is 6.31. The Hall–Kier alpha value is -0.900. The standard InChI is InChI=1S/C17H28N2O/c1-17(2,3)14-7-5-13(6-8-14)16-15(18)9-10-19(16)11-12-20-4/h5-8,15-16H,9-12,18H2,1-4H3. The number of nitrogens with two attached hydrogens (primary N) is 1. The summed E-state index contributed by atoms with van der Waals surface area (Å²) in [6, 6.07) is 9.54. The average Bonchev–Trinajstić information content (AvgIpc) is 2.76. The molecule has 2 unspecified atom stereocenters. The zero-order valence-corrected chi connectivity index (χ0v) is 13.2. The Bertz CT molecular complexity index is 422. The van der Waals surface area contributed by atoms with E-state index in [0.29, 0.717) is 6.04 Å². The molecule has 0 amide bonds. The highest BCUT2D eigenvalue weighted by molar-refractivity contribution is 5.30. The summed E-state index contributed by atoms with van der Waals surface area (Å²) in [5.41, 5.74) is 9.22. The van der Waals surface area contributed by atoms with Gasteiger partial charge in [-0.15, -0.1) is 0 Å². The molecular weight excluding hydrogens is 248 g/mol. The molecule has 20 heavy (non-hydrogen) atoms. The van der Waals surface area contributed by atoms with Gasteiger partial charge in [-0.3, -0.25) is 4.90 Å². The van der Waals surface area contributed by atoms with Crippen molar-refractivity contribution in [3.63, 3.8) is 0 Å². The van der Waals surface area contributed by atoms with Gasteiger partial charge in [-0.25, -0.2) is 0 Å². The number of rotatable bonds is 4. The van der Waals surface area contributed by atoms with Crippen LogP contribution in [-0.2, 0) is 10.2 Å². The third-order valence-corrected chi connectivity index (χ3v) is 4.25. The highest BCUT2D eigenvalue weighted by Gasteiger charge is 2.32. The molecule has 1 aromatic rings. The maximum atomic E-state index is 6.31. The molecule has 0 spiro atoms. The topological polar surface area (TPSA) is 38.5 Å². The van der Waals surface area contributed by atoms with Crippen LogP contribution in [0.15, 0.2) is 24.3 Å². The van der Waals surface area contributed by atoms with Crippen molar-refractivity contribution in [3.8, 4) is 0 Å². The molecule has 2 atom stereocenters. The number of hydrogen-bond acceptors (Lipinski definition) is 3. The molecule has 2 rings (SSSR count). The fourth-order valence-electron chi connectivity index (χ4n) is 2.98. The van der Waals surface area contributed by atoms with E-state index in [9.17, 15) is 0 Å². The van der Waals surface area contributed by atoms with E-state index < -0.39 is 0 Å². The van der Waals surface area contributed by atoms with Crippen LogP contribution < -0.4 is 5.73 Å². The summed E-state index contributed by atoms with van der Waals surface area (Å²) in [5.74, 6) is 0. The monoisotopic (exact) mass is 276 g/mol. The highest BCUT2D eigenvalue weighted by Crippen LogP contribution is 2.32. The van der Waals surface area contributed by atoms with Crippen LogP contribution in [0.3, 0.4) is 0 Å². The van der Waals surface area contributed by atoms with Crippen LogP contribution >= 0.6 is 0 Å². The van der Waals surface area contributed by atoms with E-state index in [0.717, 1.165) is 26.1 Å². The van der Waals surface area contributed by atoms with Crippen molar-refractivity contribution in [3.05, 3.63) is 35.4 Å². The van der Waals surface area contributed by atoms with Gasteiger partial charge in [0.25, 0.3) is 0 Å². The molecule has 3 heteroatoms. The lowest BCUT2D eigenvalue weighted by Gasteiger charge is -2.28. The predicted molar refractivity (Wildman–Crippen MR) is 83.9 cm³/mol.